The molecule has 3 rings (SSSR count). The molecular weight excluding hydrogens is 250 g/mol. The van der Waals surface area contributed by atoms with Gasteiger partial charge in [-0.3, -0.25) is 4.98 Å². The summed E-state index contributed by atoms with van der Waals surface area (Å²) in [6.07, 6.45) is 6.08. The molecule has 0 radical (unpaired) electrons. The maximum absolute atomic E-state index is 6.02. The molecule has 0 spiro atoms. The molecule has 20 heavy (non-hydrogen) atoms. The quantitative estimate of drug-likeness (QED) is 0.742. The molecule has 0 aliphatic heterocycles. The first-order chi connectivity index (χ1) is 9.69. The third kappa shape index (κ3) is 2.03. The lowest BCUT2D eigenvalue weighted by atomic mass is 10.0. The fourth-order valence-corrected chi connectivity index (χ4v) is 2.29. The number of nitrogens with zero attached hydrogens (tertiary/aromatic N) is 3. The van der Waals surface area contributed by atoms with Gasteiger partial charge in [-0.15, -0.1) is 0 Å². The molecule has 0 saturated carbocycles. The summed E-state index contributed by atoms with van der Waals surface area (Å²) in [6.45, 7) is 2.08. The van der Waals surface area contributed by atoms with Crippen LogP contribution >= 0.6 is 0 Å². The molecule has 0 saturated heterocycles. The summed E-state index contributed by atoms with van der Waals surface area (Å²) in [5, 5.41) is 1.87. The lowest BCUT2D eigenvalue weighted by molar-refractivity contribution is 1.12. The number of pyridine rings is 3. The summed E-state index contributed by atoms with van der Waals surface area (Å²) in [4.78, 5) is 12.7. The fourth-order valence-electron chi connectivity index (χ4n) is 2.29. The van der Waals surface area contributed by atoms with Crippen molar-refractivity contribution in [1.82, 2.24) is 15.0 Å². The third-order valence-electron chi connectivity index (χ3n) is 3.33. The van der Waals surface area contributed by atoms with Crippen molar-refractivity contribution >= 4 is 22.4 Å². The summed E-state index contributed by atoms with van der Waals surface area (Å²) in [7, 11) is 0. The van der Waals surface area contributed by atoms with Gasteiger partial charge in [0.2, 0.25) is 0 Å². The first-order valence-electron chi connectivity index (χ1n) is 6.44. The van der Waals surface area contributed by atoms with Gasteiger partial charge in [0.15, 0.2) is 0 Å². The normalized spacial score (nSPS) is 10.8. The van der Waals surface area contributed by atoms with Crippen LogP contribution in [-0.2, 0) is 6.42 Å². The highest BCUT2D eigenvalue weighted by molar-refractivity contribution is 5.93. The smallest absolute Gasteiger partial charge is 0.133 e. The second-order valence-corrected chi connectivity index (χ2v) is 4.61. The van der Waals surface area contributed by atoms with Gasteiger partial charge >= 0.3 is 0 Å². The maximum atomic E-state index is 6.02. The van der Waals surface area contributed by atoms with E-state index in [4.69, 9.17) is 11.5 Å². The van der Waals surface area contributed by atoms with Gasteiger partial charge in [0, 0.05) is 29.5 Å². The van der Waals surface area contributed by atoms with E-state index in [1.807, 2.05) is 18.2 Å². The fraction of sp³-hybridized carbons (Fsp3) is 0.133. The minimum absolute atomic E-state index is 0.476. The first-order valence-corrected chi connectivity index (χ1v) is 6.44. The average Bonchev–Trinajstić information content (AvgIpc) is 2.47. The molecule has 0 bridgehead atoms. The molecule has 0 aromatic carbocycles. The Morgan fingerprint density at radius 1 is 1.15 bits per heavy atom. The number of hydrogen-bond donors (Lipinski definition) is 2. The molecule has 5 nitrogen and oxygen atoms in total. The van der Waals surface area contributed by atoms with E-state index < -0.39 is 0 Å². The molecule has 5 heteroatoms. The Morgan fingerprint density at radius 2 is 2.00 bits per heavy atom. The highest BCUT2D eigenvalue weighted by atomic mass is 14.9. The lowest BCUT2D eigenvalue weighted by Gasteiger charge is -2.10. The summed E-state index contributed by atoms with van der Waals surface area (Å²) in [5.74, 6) is 0.994. The zero-order valence-corrected chi connectivity index (χ0v) is 11.2. The summed E-state index contributed by atoms with van der Waals surface area (Å²) >= 11 is 0. The number of aromatic nitrogens is 3. The number of nitrogen functional groups attached to an aromatic ring is 2. The van der Waals surface area contributed by atoms with E-state index in [9.17, 15) is 0 Å². The van der Waals surface area contributed by atoms with Crippen LogP contribution in [0, 0.1) is 0 Å². The van der Waals surface area contributed by atoms with E-state index in [0.717, 1.165) is 34.0 Å². The SMILES string of the molecule is CCc1cc(N)ncc1-c1cc2ccncc2c(N)n1. The van der Waals surface area contributed by atoms with Gasteiger partial charge in [0.25, 0.3) is 0 Å². The van der Waals surface area contributed by atoms with Crippen LogP contribution in [0.3, 0.4) is 0 Å². The van der Waals surface area contributed by atoms with Gasteiger partial charge < -0.3 is 11.5 Å². The molecule has 0 fully saturated rings. The monoisotopic (exact) mass is 265 g/mol. The molecule has 3 aromatic heterocycles. The predicted molar refractivity (Wildman–Crippen MR) is 81.0 cm³/mol. The average molecular weight is 265 g/mol. The summed E-state index contributed by atoms with van der Waals surface area (Å²) in [5.41, 5.74) is 14.6. The molecule has 0 atom stereocenters. The van der Waals surface area contributed by atoms with Crippen LogP contribution in [0.15, 0.2) is 36.8 Å². The van der Waals surface area contributed by atoms with E-state index in [1.165, 1.54) is 0 Å². The van der Waals surface area contributed by atoms with Crippen LogP contribution in [0.4, 0.5) is 11.6 Å². The van der Waals surface area contributed by atoms with Gasteiger partial charge in [-0.1, -0.05) is 6.92 Å². The van der Waals surface area contributed by atoms with Gasteiger partial charge in [0.1, 0.15) is 11.6 Å². The van der Waals surface area contributed by atoms with Gasteiger partial charge in [-0.25, -0.2) is 9.97 Å². The van der Waals surface area contributed by atoms with Crippen molar-refractivity contribution in [3.63, 3.8) is 0 Å². The number of anilines is 2. The number of fused-ring (bicyclic) bond motifs is 1. The Balaban J connectivity index is 2.25. The van der Waals surface area contributed by atoms with Crippen molar-refractivity contribution in [3.05, 3.63) is 42.4 Å². The largest absolute Gasteiger partial charge is 0.384 e. The summed E-state index contributed by atoms with van der Waals surface area (Å²) < 4.78 is 0. The van der Waals surface area contributed by atoms with E-state index in [1.54, 1.807) is 18.6 Å². The van der Waals surface area contributed by atoms with Crippen LogP contribution in [-0.4, -0.2) is 15.0 Å². The minimum Gasteiger partial charge on any atom is -0.384 e. The van der Waals surface area contributed by atoms with Crippen molar-refractivity contribution in [2.24, 2.45) is 0 Å². The minimum atomic E-state index is 0.476. The Morgan fingerprint density at radius 3 is 2.80 bits per heavy atom. The zero-order valence-electron chi connectivity index (χ0n) is 11.2. The number of rotatable bonds is 2. The maximum Gasteiger partial charge on any atom is 0.133 e. The Kier molecular flexibility index (Phi) is 2.95. The van der Waals surface area contributed by atoms with Crippen LogP contribution in [0.25, 0.3) is 22.0 Å². The highest BCUT2D eigenvalue weighted by Crippen LogP contribution is 2.28. The lowest BCUT2D eigenvalue weighted by Crippen LogP contribution is -1.99. The molecule has 3 aromatic rings. The highest BCUT2D eigenvalue weighted by Gasteiger charge is 2.10. The molecule has 4 N–H and O–H groups in total. The Labute approximate surface area is 116 Å². The molecule has 100 valence electrons. The van der Waals surface area contributed by atoms with Crippen LogP contribution < -0.4 is 11.5 Å². The van der Waals surface area contributed by atoms with E-state index in [0.29, 0.717) is 11.6 Å². The predicted octanol–water partition coefficient (Wildman–Crippen LogP) is 2.42. The Hall–Kier alpha value is -2.69. The molecular formula is C15H15N5. The van der Waals surface area contributed by atoms with Crippen LogP contribution in [0.2, 0.25) is 0 Å². The Bertz CT molecular complexity index is 782. The van der Waals surface area contributed by atoms with Crippen molar-refractivity contribution in [3.8, 4) is 11.3 Å². The second kappa shape index (κ2) is 4.77. The van der Waals surface area contributed by atoms with Gasteiger partial charge in [-0.2, -0.15) is 0 Å². The number of aryl methyl sites for hydroxylation is 1. The topological polar surface area (TPSA) is 90.7 Å². The third-order valence-corrected chi connectivity index (χ3v) is 3.33. The van der Waals surface area contributed by atoms with Crippen LogP contribution in [0.5, 0.6) is 0 Å². The van der Waals surface area contributed by atoms with Crippen molar-refractivity contribution < 1.29 is 0 Å². The molecule has 0 amide bonds. The zero-order chi connectivity index (χ0) is 14.1. The number of hydrogen-bond acceptors (Lipinski definition) is 5. The molecule has 3 heterocycles. The van der Waals surface area contributed by atoms with E-state index >= 15 is 0 Å². The molecule has 0 aliphatic rings. The van der Waals surface area contributed by atoms with E-state index in [-0.39, 0.29) is 0 Å². The second-order valence-electron chi connectivity index (χ2n) is 4.61. The van der Waals surface area contributed by atoms with Gasteiger partial charge in [0.05, 0.1) is 5.69 Å². The molecule has 0 unspecified atom stereocenters. The number of nitrogens with two attached hydrogens (primary N) is 2. The van der Waals surface area contributed by atoms with Crippen LogP contribution in [0.1, 0.15) is 12.5 Å². The van der Waals surface area contributed by atoms with Crippen molar-refractivity contribution in [2.45, 2.75) is 13.3 Å². The standard InChI is InChI=1S/C15H15N5/c1-2-9-6-14(16)19-8-11(9)13-5-10-3-4-18-7-12(10)15(17)20-13/h3-8H,2H2,1H3,(H2,16,19)(H2,17,20). The summed E-state index contributed by atoms with van der Waals surface area (Å²) in [6, 6.07) is 5.80. The first kappa shape index (κ1) is 12.3. The van der Waals surface area contributed by atoms with Crippen molar-refractivity contribution in [1.29, 1.82) is 0 Å². The van der Waals surface area contributed by atoms with Gasteiger partial charge in [-0.05, 0) is 35.6 Å². The molecule has 0 aliphatic carbocycles. The van der Waals surface area contributed by atoms with Crippen molar-refractivity contribution in [2.75, 3.05) is 11.5 Å². The van der Waals surface area contributed by atoms with E-state index in [2.05, 4.69) is 21.9 Å².